The van der Waals surface area contributed by atoms with Gasteiger partial charge in [-0.2, -0.15) is 0 Å². The van der Waals surface area contributed by atoms with Crippen molar-refractivity contribution in [1.29, 1.82) is 0 Å². The molecule has 0 aliphatic heterocycles. The van der Waals surface area contributed by atoms with Crippen molar-refractivity contribution in [2.75, 3.05) is 6.61 Å². The van der Waals surface area contributed by atoms with Crippen molar-refractivity contribution in [3.63, 3.8) is 0 Å². The van der Waals surface area contributed by atoms with Crippen LogP contribution in [-0.2, 0) is 10.8 Å². The summed E-state index contributed by atoms with van der Waals surface area (Å²) in [5, 5.41) is 0. The molecule has 1 aliphatic carbocycles. The summed E-state index contributed by atoms with van der Waals surface area (Å²) < 4.78 is 6.19. The Morgan fingerprint density at radius 1 is 0.857 bits per heavy atom. The predicted octanol–water partition coefficient (Wildman–Crippen LogP) is 7.78. The second kappa shape index (κ2) is 8.72. The van der Waals surface area contributed by atoms with Gasteiger partial charge in [0.1, 0.15) is 5.75 Å². The van der Waals surface area contributed by atoms with Crippen molar-refractivity contribution >= 4 is 0 Å². The van der Waals surface area contributed by atoms with Gasteiger partial charge in [0.15, 0.2) is 0 Å². The third-order valence-corrected chi connectivity index (χ3v) is 6.70. The molecule has 0 aromatic heterocycles. The molecule has 0 amide bonds. The van der Waals surface area contributed by atoms with Crippen molar-refractivity contribution in [3.8, 4) is 5.75 Å². The van der Waals surface area contributed by atoms with E-state index in [0.29, 0.717) is 5.92 Å². The Bertz CT molecular complexity index is 757. The van der Waals surface area contributed by atoms with Gasteiger partial charge in [-0.15, -0.1) is 0 Å². The monoisotopic (exact) mass is 378 g/mol. The van der Waals surface area contributed by atoms with Crippen LogP contribution in [0.5, 0.6) is 5.75 Å². The summed E-state index contributed by atoms with van der Waals surface area (Å²) in [4.78, 5) is 0. The number of hydrogen-bond donors (Lipinski definition) is 0. The van der Waals surface area contributed by atoms with E-state index in [1.807, 2.05) is 18.2 Å². The molecule has 0 bridgehead atoms. The molecule has 0 radical (unpaired) electrons. The Morgan fingerprint density at radius 3 is 2.21 bits per heavy atom. The van der Waals surface area contributed by atoms with Crippen molar-refractivity contribution in [2.45, 2.75) is 89.9 Å². The van der Waals surface area contributed by atoms with E-state index in [4.69, 9.17) is 4.74 Å². The lowest BCUT2D eigenvalue weighted by Gasteiger charge is -2.42. The van der Waals surface area contributed by atoms with Gasteiger partial charge in [-0.3, -0.25) is 0 Å². The molecule has 0 heterocycles. The number of unbranched alkanes of at least 4 members (excludes halogenated alkanes) is 2. The van der Waals surface area contributed by atoms with Crippen molar-refractivity contribution in [2.24, 2.45) is 0 Å². The number of fused-ring (bicyclic) bond motifs is 1. The number of ether oxygens (including phenoxy) is 1. The van der Waals surface area contributed by atoms with Gasteiger partial charge in [0.25, 0.3) is 0 Å². The van der Waals surface area contributed by atoms with Crippen LogP contribution in [0.3, 0.4) is 0 Å². The smallest absolute Gasteiger partial charge is 0.119 e. The number of rotatable bonds is 8. The average molecular weight is 379 g/mol. The first-order chi connectivity index (χ1) is 13.3. The maximum absolute atomic E-state index is 6.19. The molecule has 0 N–H and O–H groups in total. The van der Waals surface area contributed by atoms with E-state index < -0.39 is 0 Å². The molecule has 0 unspecified atom stereocenters. The van der Waals surface area contributed by atoms with Crippen LogP contribution < -0.4 is 4.74 Å². The van der Waals surface area contributed by atoms with Crippen molar-refractivity contribution < 1.29 is 4.74 Å². The molecule has 0 spiro atoms. The SMILES string of the molecule is CCCCC[C@H](COc1ccccc1)c1ccc2c(c1)C(C)(C)CCC2(C)C. The predicted molar refractivity (Wildman–Crippen MR) is 121 cm³/mol. The summed E-state index contributed by atoms with van der Waals surface area (Å²) in [5.74, 6) is 1.43. The summed E-state index contributed by atoms with van der Waals surface area (Å²) in [6, 6.07) is 17.6. The zero-order valence-electron chi connectivity index (χ0n) is 18.6. The fourth-order valence-corrected chi connectivity index (χ4v) is 4.56. The van der Waals surface area contributed by atoms with Crippen LogP contribution >= 0.6 is 0 Å². The van der Waals surface area contributed by atoms with Crippen LogP contribution in [0.4, 0.5) is 0 Å². The molecule has 0 fully saturated rings. The number of hydrogen-bond acceptors (Lipinski definition) is 1. The van der Waals surface area contributed by atoms with E-state index in [1.54, 1.807) is 11.1 Å². The van der Waals surface area contributed by atoms with Gasteiger partial charge in [0.05, 0.1) is 6.61 Å². The van der Waals surface area contributed by atoms with E-state index in [1.165, 1.54) is 44.1 Å². The highest BCUT2D eigenvalue weighted by molar-refractivity contribution is 5.44. The lowest BCUT2D eigenvalue weighted by atomic mass is 9.62. The Morgan fingerprint density at radius 2 is 1.54 bits per heavy atom. The first kappa shape index (κ1) is 21.0. The highest BCUT2D eigenvalue weighted by Gasteiger charge is 2.37. The standard InChI is InChI=1S/C27H38O/c1-6-7-9-12-22(20-28-23-13-10-8-11-14-23)21-15-16-24-25(19-21)27(4,5)18-17-26(24,2)3/h8,10-11,13-16,19,22H,6-7,9,12,17-18,20H2,1-5H3/t22-/m1/s1. The summed E-state index contributed by atoms with van der Waals surface area (Å²) >= 11 is 0. The number of benzene rings is 2. The van der Waals surface area contributed by atoms with E-state index in [2.05, 4.69) is 65.0 Å². The van der Waals surface area contributed by atoms with E-state index in [9.17, 15) is 0 Å². The van der Waals surface area contributed by atoms with Gasteiger partial charge < -0.3 is 4.74 Å². The second-order valence-corrected chi connectivity index (χ2v) is 9.89. The zero-order valence-corrected chi connectivity index (χ0v) is 18.6. The van der Waals surface area contributed by atoms with E-state index in [0.717, 1.165) is 12.4 Å². The molecule has 2 aromatic carbocycles. The van der Waals surface area contributed by atoms with Gasteiger partial charge >= 0.3 is 0 Å². The third kappa shape index (κ3) is 4.80. The van der Waals surface area contributed by atoms with Gasteiger partial charge in [0.2, 0.25) is 0 Å². The largest absolute Gasteiger partial charge is 0.493 e. The molecule has 1 aliphatic rings. The molecule has 0 saturated carbocycles. The van der Waals surface area contributed by atoms with E-state index in [-0.39, 0.29) is 10.8 Å². The molecular weight excluding hydrogens is 340 g/mol. The van der Waals surface area contributed by atoms with Gasteiger partial charge in [-0.25, -0.2) is 0 Å². The third-order valence-electron chi connectivity index (χ3n) is 6.70. The summed E-state index contributed by atoms with van der Waals surface area (Å²) in [7, 11) is 0. The lowest BCUT2D eigenvalue weighted by molar-refractivity contribution is 0.278. The van der Waals surface area contributed by atoms with Gasteiger partial charge in [-0.1, -0.05) is 90.3 Å². The van der Waals surface area contributed by atoms with Crippen molar-refractivity contribution in [3.05, 3.63) is 65.2 Å². The van der Waals surface area contributed by atoms with Crippen LogP contribution in [0, 0.1) is 0 Å². The Balaban J connectivity index is 1.86. The maximum Gasteiger partial charge on any atom is 0.119 e. The highest BCUT2D eigenvalue weighted by Crippen LogP contribution is 2.46. The zero-order chi connectivity index (χ0) is 20.2. The quantitative estimate of drug-likeness (QED) is 0.426. The minimum atomic E-state index is 0.259. The van der Waals surface area contributed by atoms with Crippen LogP contribution in [0.2, 0.25) is 0 Å². The normalized spacial score (nSPS) is 18.3. The Hall–Kier alpha value is -1.76. The topological polar surface area (TPSA) is 9.23 Å². The molecule has 0 saturated heterocycles. The molecule has 1 nitrogen and oxygen atoms in total. The summed E-state index contributed by atoms with van der Waals surface area (Å²) in [6.07, 6.45) is 7.55. The summed E-state index contributed by atoms with van der Waals surface area (Å²) in [5.41, 5.74) is 5.10. The second-order valence-electron chi connectivity index (χ2n) is 9.89. The minimum Gasteiger partial charge on any atom is -0.493 e. The van der Waals surface area contributed by atoms with Gasteiger partial charge in [0, 0.05) is 5.92 Å². The maximum atomic E-state index is 6.19. The van der Waals surface area contributed by atoms with Crippen LogP contribution in [0.1, 0.15) is 95.8 Å². The molecule has 2 aromatic rings. The Labute approximate surface area is 172 Å². The molecular formula is C27H38O. The van der Waals surface area contributed by atoms with Crippen molar-refractivity contribution in [1.82, 2.24) is 0 Å². The first-order valence-electron chi connectivity index (χ1n) is 11.2. The first-order valence-corrected chi connectivity index (χ1v) is 11.2. The molecule has 1 heteroatoms. The van der Waals surface area contributed by atoms with E-state index >= 15 is 0 Å². The van der Waals surface area contributed by atoms with Crippen LogP contribution in [0.15, 0.2) is 48.5 Å². The molecule has 152 valence electrons. The Kier molecular flexibility index (Phi) is 6.53. The fourth-order valence-electron chi connectivity index (χ4n) is 4.56. The number of para-hydroxylation sites is 1. The van der Waals surface area contributed by atoms with Crippen LogP contribution in [-0.4, -0.2) is 6.61 Å². The molecule has 28 heavy (non-hydrogen) atoms. The highest BCUT2D eigenvalue weighted by atomic mass is 16.5. The lowest BCUT2D eigenvalue weighted by Crippen LogP contribution is -2.34. The summed E-state index contributed by atoms with van der Waals surface area (Å²) in [6.45, 7) is 12.7. The molecule has 1 atom stereocenters. The average Bonchev–Trinajstić information content (AvgIpc) is 2.69. The fraction of sp³-hybridized carbons (Fsp3) is 0.556. The minimum absolute atomic E-state index is 0.259. The molecule has 3 rings (SSSR count). The van der Waals surface area contributed by atoms with Gasteiger partial charge in [-0.05, 0) is 58.9 Å². The van der Waals surface area contributed by atoms with Crippen LogP contribution in [0.25, 0.3) is 0 Å².